The normalized spacial score (nSPS) is 10.3. The van der Waals surface area contributed by atoms with Crippen LogP contribution in [0.5, 0.6) is 5.75 Å². The van der Waals surface area contributed by atoms with Gasteiger partial charge in [-0.2, -0.15) is 0 Å². The average molecular weight is 246 g/mol. The Balaban J connectivity index is 1.86. The molecule has 0 unspecified atom stereocenters. The number of aromatic amines is 1. The molecule has 2 aromatic rings. The minimum absolute atomic E-state index is 0.585. The molecule has 0 saturated heterocycles. The summed E-state index contributed by atoms with van der Waals surface area (Å²) >= 11 is 0. The lowest BCUT2D eigenvalue weighted by Gasteiger charge is -2.05. The van der Waals surface area contributed by atoms with Crippen molar-refractivity contribution in [3.63, 3.8) is 0 Å². The van der Waals surface area contributed by atoms with Crippen molar-refractivity contribution in [3.05, 3.63) is 35.7 Å². The summed E-state index contributed by atoms with van der Waals surface area (Å²) in [4.78, 5) is 7.22. The van der Waals surface area contributed by atoms with Crippen LogP contribution in [-0.2, 0) is 6.42 Å². The van der Waals surface area contributed by atoms with E-state index in [0.717, 1.165) is 30.4 Å². The van der Waals surface area contributed by atoms with E-state index >= 15 is 0 Å². The molecule has 0 bridgehead atoms. The highest BCUT2D eigenvalue weighted by Crippen LogP contribution is 2.15. The monoisotopic (exact) mass is 246 g/mol. The van der Waals surface area contributed by atoms with Crippen molar-refractivity contribution in [1.82, 2.24) is 9.97 Å². The lowest BCUT2D eigenvalue weighted by molar-refractivity contribution is 0.414. The maximum Gasteiger partial charge on any atom is 0.168 e. The maximum absolute atomic E-state index is 5.76. The fraction of sp³-hybridized carbons (Fsp3) is 0.308. The number of ether oxygens (including phenoxy) is 1. The highest BCUT2D eigenvalue weighted by atomic mass is 16.5. The van der Waals surface area contributed by atoms with E-state index in [1.54, 1.807) is 7.11 Å². The molecule has 0 fully saturated rings. The van der Waals surface area contributed by atoms with Gasteiger partial charge >= 0.3 is 0 Å². The molecule has 0 amide bonds. The summed E-state index contributed by atoms with van der Waals surface area (Å²) in [6.07, 6.45) is 0.912. The van der Waals surface area contributed by atoms with Gasteiger partial charge < -0.3 is 20.8 Å². The summed E-state index contributed by atoms with van der Waals surface area (Å²) in [6, 6.07) is 8.03. The zero-order chi connectivity index (χ0) is 13.0. The number of hydrogen-bond donors (Lipinski definition) is 3. The average Bonchev–Trinajstić information content (AvgIpc) is 2.69. The van der Waals surface area contributed by atoms with Crippen LogP contribution in [0.1, 0.15) is 11.4 Å². The van der Waals surface area contributed by atoms with Crippen LogP contribution in [0, 0.1) is 6.92 Å². The van der Waals surface area contributed by atoms with Gasteiger partial charge in [0.25, 0.3) is 0 Å². The van der Waals surface area contributed by atoms with Crippen molar-refractivity contribution in [2.45, 2.75) is 13.3 Å². The van der Waals surface area contributed by atoms with Crippen molar-refractivity contribution in [2.75, 3.05) is 24.7 Å². The number of methoxy groups -OCH3 is 1. The van der Waals surface area contributed by atoms with Gasteiger partial charge in [-0.25, -0.2) is 4.98 Å². The Hall–Kier alpha value is -2.17. The van der Waals surface area contributed by atoms with Gasteiger partial charge in [-0.1, -0.05) is 12.1 Å². The Bertz CT molecular complexity index is 504. The van der Waals surface area contributed by atoms with Crippen LogP contribution in [0.3, 0.4) is 0 Å². The van der Waals surface area contributed by atoms with E-state index < -0.39 is 0 Å². The molecule has 0 aliphatic carbocycles. The number of nitrogens with one attached hydrogen (secondary N) is 2. The van der Waals surface area contributed by atoms with Gasteiger partial charge in [0.1, 0.15) is 17.4 Å². The Morgan fingerprint density at radius 2 is 2.06 bits per heavy atom. The molecule has 2 rings (SSSR count). The number of anilines is 2. The van der Waals surface area contributed by atoms with Gasteiger partial charge in [0.05, 0.1) is 7.11 Å². The molecule has 0 aliphatic rings. The molecule has 1 heterocycles. The SMILES string of the molecule is COc1ccc(CCNc2nc(C)[nH]c2N)cc1. The van der Waals surface area contributed by atoms with E-state index in [1.807, 2.05) is 19.1 Å². The molecule has 1 aromatic heterocycles. The number of nitrogens with zero attached hydrogens (tertiary/aromatic N) is 1. The van der Waals surface area contributed by atoms with Crippen molar-refractivity contribution in [3.8, 4) is 5.75 Å². The third kappa shape index (κ3) is 2.94. The molecule has 0 atom stereocenters. The lowest BCUT2D eigenvalue weighted by atomic mass is 10.1. The molecule has 96 valence electrons. The van der Waals surface area contributed by atoms with Crippen LogP contribution >= 0.6 is 0 Å². The van der Waals surface area contributed by atoms with Gasteiger partial charge in [-0.05, 0) is 31.0 Å². The predicted octanol–water partition coefficient (Wildman–Crippen LogP) is 1.96. The van der Waals surface area contributed by atoms with Crippen molar-refractivity contribution in [2.24, 2.45) is 0 Å². The van der Waals surface area contributed by atoms with E-state index in [9.17, 15) is 0 Å². The number of nitrogen functional groups attached to an aromatic ring is 1. The van der Waals surface area contributed by atoms with Crippen LogP contribution < -0.4 is 15.8 Å². The van der Waals surface area contributed by atoms with Gasteiger partial charge in [0.15, 0.2) is 5.82 Å². The number of benzene rings is 1. The molecule has 0 saturated carbocycles. The van der Waals surface area contributed by atoms with Crippen LogP contribution in [0.25, 0.3) is 0 Å². The Kier molecular flexibility index (Phi) is 3.72. The van der Waals surface area contributed by atoms with E-state index in [1.165, 1.54) is 5.56 Å². The van der Waals surface area contributed by atoms with Gasteiger partial charge in [0, 0.05) is 6.54 Å². The smallest absolute Gasteiger partial charge is 0.168 e. The second-order valence-electron chi connectivity index (χ2n) is 4.11. The molecule has 5 nitrogen and oxygen atoms in total. The number of rotatable bonds is 5. The van der Waals surface area contributed by atoms with Crippen molar-refractivity contribution >= 4 is 11.6 Å². The number of hydrogen-bond acceptors (Lipinski definition) is 4. The van der Waals surface area contributed by atoms with Crippen LogP contribution in [0.15, 0.2) is 24.3 Å². The summed E-state index contributed by atoms with van der Waals surface area (Å²) in [7, 11) is 1.67. The first-order valence-corrected chi connectivity index (χ1v) is 5.88. The Morgan fingerprint density at radius 3 is 2.61 bits per heavy atom. The van der Waals surface area contributed by atoms with Gasteiger partial charge in [0.2, 0.25) is 0 Å². The Labute approximate surface area is 106 Å². The maximum atomic E-state index is 5.76. The zero-order valence-electron chi connectivity index (χ0n) is 10.7. The number of aryl methyl sites for hydroxylation is 1. The molecular weight excluding hydrogens is 228 g/mol. The van der Waals surface area contributed by atoms with Gasteiger partial charge in [-0.15, -0.1) is 0 Å². The molecule has 1 aromatic carbocycles. The van der Waals surface area contributed by atoms with Crippen LogP contribution in [0.4, 0.5) is 11.6 Å². The number of aromatic nitrogens is 2. The predicted molar refractivity (Wildman–Crippen MR) is 72.9 cm³/mol. The van der Waals surface area contributed by atoms with Crippen LogP contribution in [0.2, 0.25) is 0 Å². The molecule has 5 heteroatoms. The summed E-state index contributed by atoms with van der Waals surface area (Å²) in [5.74, 6) is 3.00. The van der Waals surface area contributed by atoms with E-state index in [2.05, 4.69) is 27.4 Å². The molecular formula is C13H18N4O. The fourth-order valence-electron chi connectivity index (χ4n) is 1.76. The quantitative estimate of drug-likeness (QED) is 0.754. The van der Waals surface area contributed by atoms with E-state index in [4.69, 9.17) is 10.5 Å². The first-order valence-electron chi connectivity index (χ1n) is 5.88. The molecule has 0 spiro atoms. The van der Waals surface area contributed by atoms with Crippen molar-refractivity contribution in [1.29, 1.82) is 0 Å². The largest absolute Gasteiger partial charge is 0.497 e. The van der Waals surface area contributed by atoms with E-state index in [0.29, 0.717) is 5.82 Å². The Morgan fingerprint density at radius 1 is 1.33 bits per heavy atom. The number of imidazole rings is 1. The van der Waals surface area contributed by atoms with Gasteiger partial charge in [-0.3, -0.25) is 0 Å². The lowest BCUT2D eigenvalue weighted by Crippen LogP contribution is -2.06. The zero-order valence-corrected chi connectivity index (χ0v) is 10.7. The van der Waals surface area contributed by atoms with Crippen molar-refractivity contribution < 1.29 is 4.74 Å². The third-order valence-corrected chi connectivity index (χ3v) is 2.72. The van der Waals surface area contributed by atoms with E-state index in [-0.39, 0.29) is 0 Å². The second kappa shape index (κ2) is 5.44. The summed E-state index contributed by atoms with van der Waals surface area (Å²) < 4.78 is 5.12. The highest BCUT2D eigenvalue weighted by Gasteiger charge is 2.03. The first kappa shape index (κ1) is 12.3. The molecule has 0 radical (unpaired) electrons. The summed E-state index contributed by atoms with van der Waals surface area (Å²) in [5.41, 5.74) is 7.01. The number of nitrogens with two attached hydrogens (primary N) is 1. The molecule has 18 heavy (non-hydrogen) atoms. The first-order chi connectivity index (χ1) is 8.69. The molecule has 4 N–H and O–H groups in total. The standard InChI is InChI=1S/C13H18N4O/c1-9-16-12(14)13(17-9)15-8-7-10-3-5-11(18-2)6-4-10/h3-6,15H,7-8,14H2,1-2H3,(H,16,17). The third-order valence-electron chi connectivity index (χ3n) is 2.72. The summed E-state index contributed by atoms with van der Waals surface area (Å²) in [5, 5.41) is 3.21. The minimum Gasteiger partial charge on any atom is -0.497 e. The van der Waals surface area contributed by atoms with Crippen LogP contribution in [-0.4, -0.2) is 23.6 Å². The molecule has 0 aliphatic heterocycles. The minimum atomic E-state index is 0.585. The topological polar surface area (TPSA) is 76.0 Å². The summed E-state index contributed by atoms with van der Waals surface area (Å²) in [6.45, 7) is 2.67. The number of H-pyrrole nitrogens is 1. The second-order valence-corrected chi connectivity index (χ2v) is 4.11. The fourth-order valence-corrected chi connectivity index (χ4v) is 1.76. The highest BCUT2D eigenvalue weighted by molar-refractivity contribution is 5.56.